The first-order valence-electron chi connectivity index (χ1n) is 5.20. The van der Waals surface area contributed by atoms with E-state index < -0.39 is 10.8 Å². The van der Waals surface area contributed by atoms with E-state index in [2.05, 4.69) is 0 Å². The molecule has 1 amide bonds. The van der Waals surface area contributed by atoms with Gasteiger partial charge in [-0.1, -0.05) is 6.07 Å². The number of thioether (sulfide) groups is 1. The largest absolute Gasteiger partial charge is 0.384 e. The quantitative estimate of drug-likeness (QED) is 0.461. The number of nitro groups is 1. The Balaban J connectivity index is 2.83. The summed E-state index contributed by atoms with van der Waals surface area (Å²) in [5.74, 6) is 0.584. The Labute approximate surface area is 109 Å². The maximum atomic E-state index is 11.0. The van der Waals surface area contributed by atoms with E-state index in [1.807, 2.05) is 0 Å². The summed E-state index contributed by atoms with van der Waals surface area (Å²) in [4.78, 5) is 21.4. The lowest BCUT2D eigenvalue weighted by atomic mass is 10.1. The zero-order valence-corrected chi connectivity index (χ0v) is 10.7. The van der Waals surface area contributed by atoms with Gasteiger partial charge in [-0.2, -0.15) is 11.8 Å². The van der Waals surface area contributed by atoms with Crippen LogP contribution in [0.25, 0.3) is 0 Å². The third-order valence-corrected chi connectivity index (χ3v) is 3.23. The van der Waals surface area contributed by atoms with Crippen molar-refractivity contribution >= 4 is 23.4 Å². The number of carbonyl (C=O) groups excluding carboxylic acids is 1. The third-order valence-electron chi connectivity index (χ3n) is 2.26. The van der Waals surface area contributed by atoms with E-state index in [1.165, 1.54) is 23.9 Å². The highest BCUT2D eigenvalue weighted by atomic mass is 32.2. The molecule has 0 radical (unpaired) electrons. The number of carbonyl (C=O) groups is 1. The Morgan fingerprint density at radius 1 is 1.56 bits per heavy atom. The molecule has 0 aromatic heterocycles. The van der Waals surface area contributed by atoms with E-state index in [4.69, 9.17) is 10.5 Å². The van der Waals surface area contributed by atoms with Gasteiger partial charge in [0.25, 0.3) is 5.69 Å². The van der Waals surface area contributed by atoms with Crippen molar-refractivity contribution < 1.29 is 14.5 Å². The SMILES string of the molecule is COCCSCc1ccc(C(N)=O)cc1[N+](=O)[O-]. The number of benzene rings is 1. The number of ether oxygens (including phenoxy) is 1. The molecule has 0 saturated heterocycles. The molecule has 2 N–H and O–H groups in total. The lowest BCUT2D eigenvalue weighted by molar-refractivity contribution is -0.385. The number of nitrogens with zero attached hydrogens (tertiary/aromatic N) is 1. The number of nitrogens with two attached hydrogens (primary N) is 1. The first-order valence-corrected chi connectivity index (χ1v) is 6.35. The zero-order valence-electron chi connectivity index (χ0n) is 9.92. The van der Waals surface area contributed by atoms with Crippen LogP contribution >= 0.6 is 11.8 Å². The molecule has 0 bridgehead atoms. The summed E-state index contributed by atoms with van der Waals surface area (Å²) in [7, 11) is 1.60. The van der Waals surface area contributed by atoms with Crippen molar-refractivity contribution in [1.82, 2.24) is 0 Å². The molecule has 0 aliphatic rings. The van der Waals surface area contributed by atoms with Gasteiger partial charge < -0.3 is 10.5 Å². The lowest BCUT2D eigenvalue weighted by Gasteiger charge is -2.04. The van der Waals surface area contributed by atoms with E-state index in [1.54, 1.807) is 13.2 Å². The summed E-state index contributed by atoms with van der Waals surface area (Å²) < 4.78 is 4.89. The predicted octanol–water partition coefficient (Wildman–Crippen LogP) is 1.57. The van der Waals surface area contributed by atoms with Crippen LogP contribution in [0, 0.1) is 10.1 Å². The van der Waals surface area contributed by atoms with E-state index in [0.29, 0.717) is 17.9 Å². The van der Waals surface area contributed by atoms with Gasteiger partial charge in [0.05, 0.1) is 11.5 Å². The number of hydrogen-bond acceptors (Lipinski definition) is 5. The van der Waals surface area contributed by atoms with E-state index in [9.17, 15) is 14.9 Å². The molecule has 0 unspecified atom stereocenters. The van der Waals surface area contributed by atoms with Gasteiger partial charge in [-0.3, -0.25) is 14.9 Å². The van der Waals surface area contributed by atoms with Gasteiger partial charge in [0.15, 0.2) is 0 Å². The molecule has 0 aliphatic heterocycles. The van der Waals surface area contributed by atoms with E-state index >= 15 is 0 Å². The second kappa shape index (κ2) is 6.97. The molecule has 1 aromatic carbocycles. The van der Waals surface area contributed by atoms with E-state index in [0.717, 1.165) is 5.75 Å². The highest BCUT2D eigenvalue weighted by Crippen LogP contribution is 2.24. The minimum atomic E-state index is -0.670. The topological polar surface area (TPSA) is 95.5 Å². The van der Waals surface area contributed by atoms with Crippen molar-refractivity contribution in [3.63, 3.8) is 0 Å². The van der Waals surface area contributed by atoms with Gasteiger partial charge in [0.1, 0.15) is 0 Å². The molecule has 0 saturated carbocycles. The molecule has 0 atom stereocenters. The molecular formula is C11H14N2O4S. The Bertz CT molecular complexity index is 451. The molecule has 6 nitrogen and oxygen atoms in total. The van der Waals surface area contributed by atoms with Crippen LogP contribution in [-0.2, 0) is 10.5 Å². The Morgan fingerprint density at radius 2 is 2.28 bits per heavy atom. The fourth-order valence-electron chi connectivity index (χ4n) is 1.33. The van der Waals surface area contributed by atoms with Crippen LogP contribution in [0.3, 0.4) is 0 Å². The van der Waals surface area contributed by atoms with Crippen LogP contribution in [-0.4, -0.2) is 30.3 Å². The fraction of sp³-hybridized carbons (Fsp3) is 0.364. The number of rotatable bonds is 7. The van der Waals surface area contributed by atoms with Crippen molar-refractivity contribution in [2.45, 2.75) is 5.75 Å². The minimum Gasteiger partial charge on any atom is -0.384 e. The molecule has 18 heavy (non-hydrogen) atoms. The summed E-state index contributed by atoms with van der Waals surface area (Å²) >= 11 is 1.53. The zero-order chi connectivity index (χ0) is 13.5. The second-order valence-corrected chi connectivity index (χ2v) is 4.62. The summed E-state index contributed by atoms with van der Waals surface area (Å²) in [5, 5.41) is 10.9. The smallest absolute Gasteiger partial charge is 0.274 e. The van der Waals surface area contributed by atoms with Crippen molar-refractivity contribution in [3.05, 3.63) is 39.4 Å². The van der Waals surface area contributed by atoms with Crippen LogP contribution in [0.1, 0.15) is 15.9 Å². The number of amides is 1. The summed E-state index contributed by atoms with van der Waals surface area (Å²) in [6, 6.07) is 4.29. The fourth-order valence-corrected chi connectivity index (χ4v) is 2.23. The molecule has 0 heterocycles. The molecule has 98 valence electrons. The maximum absolute atomic E-state index is 11.0. The number of methoxy groups -OCH3 is 1. The molecule has 0 fully saturated rings. The van der Waals surface area contributed by atoms with Crippen LogP contribution in [0.15, 0.2) is 18.2 Å². The first-order chi connectivity index (χ1) is 8.56. The molecular weight excluding hydrogens is 256 g/mol. The van der Waals surface area contributed by atoms with Crippen LogP contribution < -0.4 is 5.73 Å². The maximum Gasteiger partial charge on any atom is 0.274 e. The molecule has 0 spiro atoms. The summed E-state index contributed by atoms with van der Waals surface area (Å²) in [6.45, 7) is 0.595. The second-order valence-electron chi connectivity index (χ2n) is 3.51. The average molecular weight is 270 g/mol. The number of nitro benzene ring substituents is 1. The minimum absolute atomic E-state index is 0.0729. The Kier molecular flexibility index (Phi) is 5.60. The van der Waals surface area contributed by atoms with Crippen molar-refractivity contribution in [3.8, 4) is 0 Å². The first kappa shape index (κ1) is 14.5. The molecule has 1 rings (SSSR count). The van der Waals surface area contributed by atoms with E-state index in [-0.39, 0.29) is 11.3 Å². The molecule has 1 aromatic rings. The van der Waals surface area contributed by atoms with Crippen molar-refractivity contribution in [2.24, 2.45) is 5.73 Å². The number of primary amides is 1. The van der Waals surface area contributed by atoms with Gasteiger partial charge in [0.2, 0.25) is 5.91 Å². The monoisotopic (exact) mass is 270 g/mol. The number of hydrogen-bond donors (Lipinski definition) is 1. The highest BCUT2D eigenvalue weighted by molar-refractivity contribution is 7.98. The standard InChI is InChI=1S/C11H14N2O4S/c1-17-4-5-18-7-9-3-2-8(11(12)14)6-10(9)13(15)16/h2-3,6H,4-5,7H2,1H3,(H2,12,14). The van der Waals surface area contributed by atoms with Gasteiger partial charge in [-0.25, -0.2) is 0 Å². The Hall–Kier alpha value is -1.60. The van der Waals surface area contributed by atoms with Gasteiger partial charge >= 0.3 is 0 Å². The Morgan fingerprint density at radius 3 is 2.83 bits per heavy atom. The molecule has 7 heteroatoms. The van der Waals surface area contributed by atoms with Crippen LogP contribution in [0.4, 0.5) is 5.69 Å². The third kappa shape index (κ3) is 4.01. The van der Waals surface area contributed by atoms with Crippen LogP contribution in [0.2, 0.25) is 0 Å². The summed E-state index contributed by atoms with van der Waals surface area (Å²) in [6.07, 6.45) is 0. The average Bonchev–Trinajstić information content (AvgIpc) is 2.34. The highest BCUT2D eigenvalue weighted by Gasteiger charge is 2.16. The van der Waals surface area contributed by atoms with Gasteiger partial charge in [-0.15, -0.1) is 0 Å². The van der Waals surface area contributed by atoms with Gasteiger partial charge in [0, 0.05) is 35.8 Å². The molecule has 0 aliphatic carbocycles. The predicted molar refractivity (Wildman–Crippen MR) is 69.7 cm³/mol. The van der Waals surface area contributed by atoms with Crippen molar-refractivity contribution in [2.75, 3.05) is 19.5 Å². The summed E-state index contributed by atoms with van der Waals surface area (Å²) in [5.41, 5.74) is 5.74. The van der Waals surface area contributed by atoms with Crippen molar-refractivity contribution in [1.29, 1.82) is 0 Å². The lowest BCUT2D eigenvalue weighted by Crippen LogP contribution is -2.11. The normalized spacial score (nSPS) is 10.3. The van der Waals surface area contributed by atoms with Crippen LogP contribution in [0.5, 0.6) is 0 Å². The van der Waals surface area contributed by atoms with Gasteiger partial charge in [-0.05, 0) is 6.07 Å².